The molecule has 1 atom stereocenters. The number of rotatable bonds is 6. The van der Waals surface area contributed by atoms with Gasteiger partial charge in [0.25, 0.3) is 0 Å². The van der Waals surface area contributed by atoms with Crippen LogP contribution in [0.25, 0.3) is 0 Å². The molecule has 0 saturated carbocycles. The molecule has 2 amide bonds. The Bertz CT molecular complexity index is 830. The number of amides is 2. The van der Waals surface area contributed by atoms with Crippen molar-refractivity contribution in [2.45, 2.75) is 39.3 Å². The molecule has 1 heterocycles. The van der Waals surface area contributed by atoms with E-state index >= 15 is 0 Å². The maximum Gasteiger partial charge on any atom is 0.245 e. The molecule has 5 nitrogen and oxygen atoms in total. The zero-order valence-corrected chi connectivity index (χ0v) is 16.8. The number of hydrogen-bond donors (Lipinski definition) is 1. The van der Waals surface area contributed by atoms with Gasteiger partial charge in [-0.3, -0.25) is 9.59 Å². The second kappa shape index (κ2) is 8.91. The first-order valence-corrected chi connectivity index (χ1v) is 9.75. The molecular formula is C23H28N2O3. The molecule has 0 aliphatic carbocycles. The summed E-state index contributed by atoms with van der Waals surface area (Å²) in [7, 11) is 1.61. The maximum absolute atomic E-state index is 13.1. The van der Waals surface area contributed by atoms with Gasteiger partial charge in [0, 0.05) is 13.1 Å². The molecule has 0 spiro atoms. The molecule has 0 bridgehead atoms. The zero-order valence-electron chi connectivity index (χ0n) is 16.8. The molecule has 1 N–H and O–H groups in total. The van der Waals surface area contributed by atoms with Gasteiger partial charge in [-0.2, -0.15) is 0 Å². The summed E-state index contributed by atoms with van der Waals surface area (Å²) in [5.74, 6) is 0.622. The van der Waals surface area contributed by atoms with Crippen molar-refractivity contribution in [2.75, 3.05) is 13.7 Å². The van der Waals surface area contributed by atoms with E-state index in [0.717, 1.165) is 17.7 Å². The van der Waals surface area contributed by atoms with E-state index in [1.165, 1.54) is 11.1 Å². The molecule has 3 rings (SSSR count). The first-order chi connectivity index (χ1) is 13.5. The number of nitrogens with one attached hydrogen (secondary N) is 1. The van der Waals surface area contributed by atoms with Gasteiger partial charge in [0.15, 0.2) is 0 Å². The van der Waals surface area contributed by atoms with Crippen LogP contribution in [0.15, 0.2) is 48.5 Å². The molecule has 0 saturated heterocycles. The highest BCUT2D eigenvalue weighted by molar-refractivity contribution is 5.88. The van der Waals surface area contributed by atoms with E-state index < -0.39 is 6.04 Å². The van der Waals surface area contributed by atoms with E-state index in [2.05, 4.69) is 17.4 Å². The number of carbonyl (C=O) groups is 2. The Morgan fingerprint density at radius 2 is 1.75 bits per heavy atom. The molecule has 148 valence electrons. The van der Waals surface area contributed by atoms with Crippen LogP contribution in [0.4, 0.5) is 0 Å². The largest absolute Gasteiger partial charge is 0.497 e. The van der Waals surface area contributed by atoms with Gasteiger partial charge in [-0.1, -0.05) is 50.2 Å². The topological polar surface area (TPSA) is 58.6 Å². The van der Waals surface area contributed by atoms with Crippen LogP contribution in [-0.4, -0.2) is 36.4 Å². The third-order valence-electron chi connectivity index (χ3n) is 5.22. The lowest BCUT2D eigenvalue weighted by Crippen LogP contribution is -2.52. The second-order valence-corrected chi connectivity index (χ2v) is 7.59. The molecule has 2 aromatic rings. The fraction of sp³-hybridized carbons (Fsp3) is 0.391. The SMILES string of the molecule is COc1ccc(CC(=O)N[C@@H](C(=O)N2CCc3ccccc3C2)C(C)C)cc1. The number of methoxy groups -OCH3 is 1. The van der Waals surface area contributed by atoms with Crippen LogP contribution in [-0.2, 0) is 29.0 Å². The lowest BCUT2D eigenvalue weighted by molar-refractivity contribution is -0.138. The Morgan fingerprint density at radius 1 is 1.07 bits per heavy atom. The molecule has 0 radical (unpaired) electrons. The fourth-order valence-electron chi connectivity index (χ4n) is 3.55. The van der Waals surface area contributed by atoms with E-state index in [4.69, 9.17) is 4.74 Å². The molecule has 0 aromatic heterocycles. The Morgan fingerprint density at radius 3 is 2.39 bits per heavy atom. The van der Waals surface area contributed by atoms with E-state index in [-0.39, 0.29) is 24.2 Å². The van der Waals surface area contributed by atoms with Gasteiger partial charge in [-0.05, 0) is 41.2 Å². The molecular weight excluding hydrogens is 352 g/mol. The highest BCUT2D eigenvalue weighted by atomic mass is 16.5. The van der Waals surface area contributed by atoms with Crippen LogP contribution >= 0.6 is 0 Å². The van der Waals surface area contributed by atoms with Crippen LogP contribution in [0, 0.1) is 5.92 Å². The van der Waals surface area contributed by atoms with E-state index in [1.807, 2.05) is 55.1 Å². The van der Waals surface area contributed by atoms with Gasteiger partial charge in [0.05, 0.1) is 13.5 Å². The first kappa shape index (κ1) is 19.9. The van der Waals surface area contributed by atoms with Crippen molar-refractivity contribution in [3.8, 4) is 5.75 Å². The van der Waals surface area contributed by atoms with Gasteiger partial charge >= 0.3 is 0 Å². The Balaban J connectivity index is 1.64. The van der Waals surface area contributed by atoms with Crippen molar-refractivity contribution in [1.29, 1.82) is 0 Å². The van der Waals surface area contributed by atoms with Crippen molar-refractivity contribution in [1.82, 2.24) is 10.2 Å². The third kappa shape index (κ3) is 4.71. The smallest absolute Gasteiger partial charge is 0.245 e. The molecule has 1 aliphatic rings. The molecule has 0 unspecified atom stereocenters. The van der Waals surface area contributed by atoms with Crippen LogP contribution in [0.2, 0.25) is 0 Å². The minimum Gasteiger partial charge on any atom is -0.497 e. The van der Waals surface area contributed by atoms with Crippen molar-refractivity contribution in [3.05, 3.63) is 65.2 Å². The van der Waals surface area contributed by atoms with E-state index in [9.17, 15) is 9.59 Å². The van der Waals surface area contributed by atoms with E-state index in [1.54, 1.807) is 7.11 Å². The Hall–Kier alpha value is -2.82. The Kier molecular flexibility index (Phi) is 6.34. The van der Waals surface area contributed by atoms with E-state index in [0.29, 0.717) is 13.1 Å². The number of nitrogens with zero attached hydrogens (tertiary/aromatic N) is 1. The second-order valence-electron chi connectivity index (χ2n) is 7.59. The van der Waals surface area contributed by atoms with Gasteiger partial charge in [0.1, 0.15) is 11.8 Å². The van der Waals surface area contributed by atoms with Gasteiger partial charge in [-0.15, -0.1) is 0 Å². The predicted octanol–water partition coefficient (Wildman–Crippen LogP) is 2.96. The predicted molar refractivity (Wildman–Crippen MR) is 109 cm³/mol. The molecule has 5 heteroatoms. The number of carbonyl (C=O) groups excluding carboxylic acids is 2. The highest BCUT2D eigenvalue weighted by Crippen LogP contribution is 2.20. The summed E-state index contributed by atoms with van der Waals surface area (Å²) in [6, 6.07) is 15.1. The maximum atomic E-state index is 13.1. The molecule has 28 heavy (non-hydrogen) atoms. The van der Waals surface area contributed by atoms with Crippen LogP contribution in [0.5, 0.6) is 5.75 Å². The minimum atomic E-state index is -0.518. The van der Waals surface area contributed by atoms with Crippen molar-refractivity contribution < 1.29 is 14.3 Å². The average Bonchev–Trinajstić information content (AvgIpc) is 2.71. The highest BCUT2D eigenvalue weighted by Gasteiger charge is 2.30. The van der Waals surface area contributed by atoms with Gasteiger partial charge < -0.3 is 15.0 Å². The summed E-state index contributed by atoms with van der Waals surface area (Å²) < 4.78 is 5.14. The first-order valence-electron chi connectivity index (χ1n) is 9.75. The fourth-order valence-corrected chi connectivity index (χ4v) is 3.55. The lowest BCUT2D eigenvalue weighted by Gasteiger charge is -2.33. The van der Waals surface area contributed by atoms with Crippen LogP contribution < -0.4 is 10.1 Å². The third-order valence-corrected chi connectivity index (χ3v) is 5.22. The van der Waals surface area contributed by atoms with Gasteiger partial charge in [0.2, 0.25) is 11.8 Å². The lowest BCUT2D eigenvalue weighted by atomic mass is 9.97. The average molecular weight is 380 g/mol. The van der Waals surface area contributed by atoms with Crippen molar-refractivity contribution in [3.63, 3.8) is 0 Å². The molecule has 1 aliphatic heterocycles. The van der Waals surface area contributed by atoms with Gasteiger partial charge in [-0.25, -0.2) is 0 Å². The zero-order chi connectivity index (χ0) is 20.1. The number of ether oxygens (including phenoxy) is 1. The summed E-state index contributed by atoms with van der Waals surface area (Å²) >= 11 is 0. The number of benzene rings is 2. The monoisotopic (exact) mass is 380 g/mol. The van der Waals surface area contributed by atoms with Crippen molar-refractivity contribution >= 4 is 11.8 Å². The number of fused-ring (bicyclic) bond motifs is 1. The molecule has 0 fully saturated rings. The van der Waals surface area contributed by atoms with Crippen molar-refractivity contribution in [2.24, 2.45) is 5.92 Å². The summed E-state index contributed by atoms with van der Waals surface area (Å²) in [5, 5.41) is 2.95. The standard InChI is InChI=1S/C23H28N2O3/c1-16(2)22(24-21(26)14-17-8-10-20(28-3)11-9-17)23(27)25-13-12-18-6-4-5-7-19(18)15-25/h4-11,16,22H,12-15H2,1-3H3,(H,24,26)/t22-/m1/s1. The number of hydrogen-bond acceptors (Lipinski definition) is 3. The summed E-state index contributed by atoms with van der Waals surface area (Å²) in [4.78, 5) is 27.5. The van der Waals surface area contributed by atoms with Crippen LogP contribution in [0.3, 0.4) is 0 Å². The minimum absolute atomic E-state index is 0.00687. The van der Waals surface area contributed by atoms with Crippen LogP contribution in [0.1, 0.15) is 30.5 Å². The summed E-state index contributed by atoms with van der Waals surface area (Å²) in [6.07, 6.45) is 1.09. The normalized spacial score (nSPS) is 14.4. The summed E-state index contributed by atoms with van der Waals surface area (Å²) in [6.45, 7) is 5.22. The quantitative estimate of drug-likeness (QED) is 0.838. The summed E-state index contributed by atoms with van der Waals surface area (Å²) in [5.41, 5.74) is 3.38. The Labute approximate surface area is 166 Å². The molecule has 2 aromatic carbocycles.